The van der Waals surface area contributed by atoms with Crippen LogP contribution >= 0.6 is 0 Å². The van der Waals surface area contributed by atoms with Crippen molar-refractivity contribution in [1.82, 2.24) is 0 Å². The third-order valence-electron chi connectivity index (χ3n) is 4.32. The summed E-state index contributed by atoms with van der Waals surface area (Å²) in [6, 6.07) is 3.64. The highest BCUT2D eigenvalue weighted by atomic mass is 16.3. The van der Waals surface area contributed by atoms with Gasteiger partial charge in [-0.2, -0.15) is 0 Å². The van der Waals surface area contributed by atoms with E-state index in [4.69, 9.17) is 0 Å². The van der Waals surface area contributed by atoms with Gasteiger partial charge in [0.1, 0.15) is 5.75 Å². The summed E-state index contributed by atoms with van der Waals surface area (Å²) < 4.78 is 0. The summed E-state index contributed by atoms with van der Waals surface area (Å²) in [5, 5.41) is 30.2. The summed E-state index contributed by atoms with van der Waals surface area (Å²) in [6.07, 6.45) is 3.92. The fourth-order valence-corrected chi connectivity index (χ4v) is 2.66. The quantitative estimate of drug-likeness (QED) is 0.604. The predicted molar refractivity (Wildman–Crippen MR) is 99.1 cm³/mol. The van der Waals surface area contributed by atoms with Gasteiger partial charge in [0, 0.05) is 12.8 Å². The van der Waals surface area contributed by atoms with Gasteiger partial charge in [0.05, 0.1) is 12.2 Å². The van der Waals surface area contributed by atoms with Crippen LogP contribution in [0.5, 0.6) is 5.75 Å². The zero-order valence-electron chi connectivity index (χ0n) is 15.6. The lowest BCUT2D eigenvalue weighted by Crippen LogP contribution is -2.15. The lowest BCUT2D eigenvalue weighted by atomic mass is 9.96. The Kier molecular flexibility index (Phi) is 8.27. The second-order valence-electron chi connectivity index (χ2n) is 6.97. The Hall–Kier alpha value is -1.54. The van der Waals surface area contributed by atoms with Crippen LogP contribution in [0.25, 0.3) is 0 Å². The predicted octanol–water partition coefficient (Wildman–Crippen LogP) is 4.72. The highest BCUT2D eigenvalue weighted by Gasteiger charge is 2.12. The number of aryl methyl sites for hydroxylation is 2. The number of hydrogen-bond donors (Lipinski definition) is 3. The number of aliphatic hydroxyl groups is 2. The van der Waals surface area contributed by atoms with E-state index in [1.807, 2.05) is 45.9 Å². The summed E-state index contributed by atoms with van der Waals surface area (Å²) >= 11 is 0. The first kappa shape index (κ1) is 20.5. The zero-order valence-corrected chi connectivity index (χ0v) is 15.6. The van der Waals surface area contributed by atoms with E-state index in [0.717, 1.165) is 35.1 Å². The molecule has 1 aromatic rings. The van der Waals surface area contributed by atoms with Gasteiger partial charge in [-0.25, -0.2) is 0 Å². The first-order valence-corrected chi connectivity index (χ1v) is 8.85. The molecule has 0 saturated heterocycles. The number of phenols is 1. The van der Waals surface area contributed by atoms with E-state index < -0.39 is 6.10 Å². The first-order valence-electron chi connectivity index (χ1n) is 8.85. The van der Waals surface area contributed by atoms with E-state index in [9.17, 15) is 15.3 Å². The molecule has 3 nitrogen and oxygen atoms in total. The van der Waals surface area contributed by atoms with Crippen molar-refractivity contribution in [3.8, 4) is 5.75 Å². The van der Waals surface area contributed by atoms with Crippen LogP contribution in [0.2, 0.25) is 0 Å². The summed E-state index contributed by atoms with van der Waals surface area (Å²) in [5.74, 6) is 0.515. The average Bonchev–Trinajstić information content (AvgIpc) is 2.51. The van der Waals surface area contributed by atoms with Gasteiger partial charge in [-0.15, -0.1) is 5.73 Å². The molecule has 0 aliphatic rings. The van der Waals surface area contributed by atoms with E-state index in [-0.39, 0.29) is 17.8 Å². The molecule has 0 amide bonds. The highest BCUT2D eigenvalue weighted by molar-refractivity contribution is 5.42. The van der Waals surface area contributed by atoms with Gasteiger partial charge in [-0.3, -0.25) is 0 Å². The van der Waals surface area contributed by atoms with E-state index in [1.165, 1.54) is 0 Å². The third kappa shape index (κ3) is 6.16. The molecule has 0 aromatic heterocycles. The zero-order chi connectivity index (χ0) is 18.3. The maximum Gasteiger partial charge on any atom is 0.121 e. The number of phenolic OH excluding ortho intramolecular Hbond substituents is 1. The number of aromatic hydroxyl groups is 1. The van der Waals surface area contributed by atoms with Gasteiger partial charge in [0.15, 0.2) is 0 Å². The summed E-state index contributed by atoms with van der Waals surface area (Å²) in [5.41, 5.74) is 6.72. The molecule has 1 rings (SSSR count). The standard InChI is InChI=1S/C21H32O3/c1-6-8-17(13-20(23)14(2)3)9-7-10-19(22)18-11-15(4)21(24)16(5)12-18/h7,11-12,14,19-20,22-24H,6,8,10,13H2,1-5H3/t9?,19-,20-/m1/s1. The summed E-state index contributed by atoms with van der Waals surface area (Å²) in [7, 11) is 0. The van der Waals surface area contributed by atoms with Crippen LogP contribution in [-0.4, -0.2) is 21.4 Å². The van der Waals surface area contributed by atoms with Crippen molar-refractivity contribution in [3.63, 3.8) is 0 Å². The van der Waals surface area contributed by atoms with Crippen molar-refractivity contribution < 1.29 is 15.3 Å². The minimum absolute atomic E-state index is 0.229. The average molecular weight is 332 g/mol. The molecule has 2 atom stereocenters. The van der Waals surface area contributed by atoms with Crippen molar-refractivity contribution in [3.05, 3.63) is 46.2 Å². The molecule has 0 unspecified atom stereocenters. The molecule has 0 aliphatic heterocycles. The van der Waals surface area contributed by atoms with Gasteiger partial charge in [0.25, 0.3) is 0 Å². The SMILES string of the molecule is CCCC(=C=CC[C@@H](O)c1cc(C)c(O)c(C)c1)C[C@@H](O)C(C)C. The largest absolute Gasteiger partial charge is 0.507 e. The molecule has 0 spiro atoms. The second kappa shape index (κ2) is 9.68. The number of hydrogen-bond acceptors (Lipinski definition) is 3. The Balaban J connectivity index is 2.84. The first-order chi connectivity index (χ1) is 11.3. The van der Waals surface area contributed by atoms with Crippen molar-refractivity contribution in [2.45, 2.75) is 72.5 Å². The maximum atomic E-state index is 10.4. The molecule has 3 N–H and O–H groups in total. The number of rotatable bonds is 8. The van der Waals surface area contributed by atoms with Crippen LogP contribution in [-0.2, 0) is 0 Å². The maximum absolute atomic E-state index is 10.4. The van der Waals surface area contributed by atoms with Crippen LogP contribution < -0.4 is 0 Å². The number of benzene rings is 1. The molecule has 0 aliphatic carbocycles. The smallest absolute Gasteiger partial charge is 0.121 e. The van der Waals surface area contributed by atoms with Gasteiger partial charge in [-0.1, -0.05) is 27.2 Å². The lowest BCUT2D eigenvalue weighted by Gasteiger charge is -2.15. The Morgan fingerprint density at radius 1 is 1.17 bits per heavy atom. The molecular weight excluding hydrogens is 300 g/mol. The van der Waals surface area contributed by atoms with Crippen molar-refractivity contribution in [1.29, 1.82) is 0 Å². The molecule has 0 heterocycles. The van der Waals surface area contributed by atoms with E-state index >= 15 is 0 Å². The Labute approximate surface area is 146 Å². The third-order valence-corrected chi connectivity index (χ3v) is 4.32. The van der Waals surface area contributed by atoms with E-state index in [0.29, 0.717) is 12.8 Å². The topological polar surface area (TPSA) is 60.7 Å². The van der Waals surface area contributed by atoms with Crippen molar-refractivity contribution >= 4 is 0 Å². The van der Waals surface area contributed by atoms with Gasteiger partial charge in [0.2, 0.25) is 0 Å². The molecule has 0 radical (unpaired) electrons. The molecule has 0 bridgehead atoms. The van der Waals surface area contributed by atoms with Crippen LogP contribution in [0, 0.1) is 19.8 Å². The normalized spacial score (nSPS) is 13.5. The van der Waals surface area contributed by atoms with Gasteiger partial charge in [-0.05, 0) is 66.7 Å². The van der Waals surface area contributed by atoms with Crippen LogP contribution in [0.4, 0.5) is 0 Å². The minimum Gasteiger partial charge on any atom is -0.507 e. The fourth-order valence-electron chi connectivity index (χ4n) is 2.66. The van der Waals surface area contributed by atoms with E-state index in [2.05, 4.69) is 12.7 Å². The molecule has 1 aromatic carbocycles. The van der Waals surface area contributed by atoms with Crippen molar-refractivity contribution in [2.24, 2.45) is 5.92 Å². The fraction of sp³-hybridized carbons (Fsp3) is 0.571. The van der Waals surface area contributed by atoms with Gasteiger partial charge < -0.3 is 15.3 Å². The molecule has 0 saturated carbocycles. The van der Waals surface area contributed by atoms with Crippen molar-refractivity contribution in [2.75, 3.05) is 0 Å². The van der Waals surface area contributed by atoms with Crippen LogP contribution in [0.3, 0.4) is 0 Å². The van der Waals surface area contributed by atoms with Crippen LogP contribution in [0.15, 0.2) is 29.5 Å². The van der Waals surface area contributed by atoms with E-state index in [1.54, 1.807) is 0 Å². The molecular formula is C21H32O3. The monoisotopic (exact) mass is 332 g/mol. The minimum atomic E-state index is -0.617. The Bertz CT molecular complexity index is 572. The molecule has 3 heteroatoms. The number of aliphatic hydroxyl groups excluding tert-OH is 2. The summed E-state index contributed by atoms with van der Waals surface area (Å²) in [4.78, 5) is 0. The lowest BCUT2D eigenvalue weighted by molar-refractivity contribution is 0.125. The Morgan fingerprint density at radius 2 is 1.75 bits per heavy atom. The summed E-state index contributed by atoms with van der Waals surface area (Å²) in [6.45, 7) is 9.80. The molecule has 24 heavy (non-hydrogen) atoms. The molecule has 134 valence electrons. The highest BCUT2D eigenvalue weighted by Crippen LogP contribution is 2.27. The van der Waals surface area contributed by atoms with Crippen LogP contribution in [0.1, 0.15) is 69.2 Å². The Morgan fingerprint density at radius 3 is 2.25 bits per heavy atom. The van der Waals surface area contributed by atoms with Gasteiger partial charge >= 0.3 is 0 Å². The molecule has 0 fully saturated rings. The second-order valence-corrected chi connectivity index (χ2v) is 6.97.